The number of nitrogens with zero attached hydrogens (tertiary/aromatic N) is 1. The number of aromatic nitrogens is 1. The van der Waals surface area contributed by atoms with Crippen LogP contribution in [-0.2, 0) is 6.54 Å². The van der Waals surface area contributed by atoms with Crippen molar-refractivity contribution < 1.29 is 0 Å². The third kappa shape index (κ3) is 3.64. The number of benzene rings is 1. The summed E-state index contributed by atoms with van der Waals surface area (Å²) < 4.78 is 1.96. The molecule has 0 aliphatic rings. The number of pyridine rings is 1. The van der Waals surface area contributed by atoms with E-state index < -0.39 is 0 Å². The van der Waals surface area contributed by atoms with Crippen LogP contribution >= 0.6 is 11.6 Å². The van der Waals surface area contributed by atoms with E-state index in [9.17, 15) is 4.79 Å². The van der Waals surface area contributed by atoms with Crippen molar-refractivity contribution in [1.82, 2.24) is 4.57 Å². The van der Waals surface area contributed by atoms with E-state index in [1.54, 1.807) is 24.5 Å². The van der Waals surface area contributed by atoms with Gasteiger partial charge in [0, 0.05) is 48.3 Å². The minimum atomic E-state index is 0.0315. The van der Waals surface area contributed by atoms with Crippen molar-refractivity contribution in [2.24, 2.45) is 0 Å². The second kappa shape index (κ2) is 5.55. The van der Waals surface area contributed by atoms with Gasteiger partial charge in [-0.15, -0.1) is 0 Å². The molecule has 1 aromatic carbocycles. The summed E-state index contributed by atoms with van der Waals surface area (Å²) in [6.07, 6.45) is 3.56. The Kier molecular flexibility index (Phi) is 3.83. The topological polar surface area (TPSA) is 34.0 Å². The lowest BCUT2D eigenvalue weighted by Gasteiger charge is -2.08. The van der Waals surface area contributed by atoms with E-state index in [0.717, 1.165) is 23.8 Å². The summed E-state index contributed by atoms with van der Waals surface area (Å²) in [4.78, 5) is 10.9. The van der Waals surface area contributed by atoms with Crippen molar-refractivity contribution in [2.45, 2.75) is 6.54 Å². The zero-order valence-electron chi connectivity index (χ0n) is 9.27. The lowest BCUT2D eigenvalue weighted by atomic mass is 10.3. The van der Waals surface area contributed by atoms with Crippen molar-refractivity contribution in [3.8, 4) is 0 Å². The molecule has 1 aromatic heterocycles. The number of hydrogen-bond acceptors (Lipinski definition) is 2. The molecular weight excluding hydrogens is 236 g/mol. The maximum absolute atomic E-state index is 10.9. The minimum absolute atomic E-state index is 0.0315. The molecule has 0 atom stereocenters. The molecule has 3 nitrogen and oxygen atoms in total. The molecule has 0 fully saturated rings. The van der Waals surface area contributed by atoms with Crippen LogP contribution in [0.1, 0.15) is 0 Å². The Morgan fingerprint density at radius 1 is 1.18 bits per heavy atom. The quantitative estimate of drug-likeness (QED) is 0.903. The number of halogens is 1. The molecule has 0 bridgehead atoms. The van der Waals surface area contributed by atoms with Crippen molar-refractivity contribution in [3.63, 3.8) is 0 Å². The Morgan fingerprint density at radius 2 is 1.94 bits per heavy atom. The molecule has 1 heterocycles. The fourth-order valence-electron chi connectivity index (χ4n) is 1.52. The Labute approximate surface area is 105 Å². The zero-order chi connectivity index (χ0) is 12.1. The van der Waals surface area contributed by atoms with E-state index in [0.29, 0.717) is 0 Å². The maximum atomic E-state index is 10.9. The summed E-state index contributed by atoms with van der Waals surface area (Å²) in [7, 11) is 0. The fourth-order valence-corrected chi connectivity index (χ4v) is 1.71. The molecule has 0 aliphatic carbocycles. The zero-order valence-corrected chi connectivity index (χ0v) is 10.0. The maximum Gasteiger partial charge on any atom is 0.181 e. The lowest BCUT2D eigenvalue weighted by Crippen LogP contribution is -2.11. The molecule has 4 heteroatoms. The number of rotatable bonds is 4. The van der Waals surface area contributed by atoms with Gasteiger partial charge in [-0.1, -0.05) is 17.7 Å². The second-order valence-corrected chi connectivity index (χ2v) is 4.15. The first-order valence-electron chi connectivity index (χ1n) is 5.39. The Morgan fingerprint density at radius 3 is 2.65 bits per heavy atom. The standard InChI is InChI=1S/C13H13ClN2O/c14-11-2-1-3-12(10-11)15-6-9-16-7-4-13(17)5-8-16/h1-5,7-8,10,15H,6,9H2. The average Bonchev–Trinajstić information content (AvgIpc) is 2.32. The van der Waals surface area contributed by atoms with Gasteiger partial charge in [-0.3, -0.25) is 4.79 Å². The molecule has 17 heavy (non-hydrogen) atoms. The molecule has 0 amide bonds. The summed E-state index contributed by atoms with van der Waals surface area (Å²) in [6.45, 7) is 1.58. The monoisotopic (exact) mass is 248 g/mol. The first-order valence-corrected chi connectivity index (χ1v) is 5.77. The van der Waals surface area contributed by atoms with Crippen LogP contribution in [0.2, 0.25) is 5.02 Å². The van der Waals surface area contributed by atoms with Crippen LogP contribution in [0.5, 0.6) is 0 Å². The highest BCUT2D eigenvalue weighted by molar-refractivity contribution is 6.30. The number of nitrogens with one attached hydrogen (secondary N) is 1. The Balaban J connectivity index is 1.87. The van der Waals surface area contributed by atoms with Crippen LogP contribution in [0, 0.1) is 0 Å². The van der Waals surface area contributed by atoms with E-state index in [1.807, 2.05) is 28.8 Å². The van der Waals surface area contributed by atoms with E-state index >= 15 is 0 Å². The predicted molar refractivity (Wildman–Crippen MR) is 70.6 cm³/mol. The van der Waals surface area contributed by atoms with Crippen LogP contribution < -0.4 is 10.7 Å². The highest BCUT2D eigenvalue weighted by atomic mass is 35.5. The normalized spacial score (nSPS) is 10.2. The third-order valence-corrected chi connectivity index (χ3v) is 2.62. The van der Waals surface area contributed by atoms with Gasteiger partial charge >= 0.3 is 0 Å². The Hall–Kier alpha value is -1.74. The highest BCUT2D eigenvalue weighted by Crippen LogP contribution is 2.14. The first kappa shape index (κ1) is 11.7. The molecule has 88 valence electrons. The highest BCUT2D eigenvalue weighted by Gasteiger charge is 1.93. The van der Waals surface area contributed by atoms with Crippen LogP contribution in [0.3, 0.4) is 0 Å². The van der Waals surface area contributed by atoms with Gasteiger partial charge in [-0.2, -0.15) is 0 Å². The molecule has 0 spiro atoms. The molecule has 0 saturated heterocycles. The fraction of sp³-hybridized carbons (Fsp3) is 0.154. The second-order valence-electron chi connectivity index (χ2n) is 3.71. The summed E-state index contributed by atoms with van der Waals surface area (Å²) in [5, 5.41) is 3.99. The van der Waals surface area contributed by atoms with Crippen LogP contribution in [0.25, 0.3) is 0 Å². The van der Waals surface area contributed by atoms with Gasteiger partial charge in [0.15, 0.2) is 5.43 Å². The van der Waals surface area contributed by atoms with Gasteiger partial charge in [-0.25, -0.2) is 0 Å². The average molecular weight is 249 g/mol. The number of hydrogen-bond donors (Lipinski definition) is 1. The summed E-state index contributed by atoms with van der Waals surface area (Å²) in [5.41, 5.74) is 1.03. The molecule has 0 aliphatic heterocycles. The lowest BCUT2D eigenvalue weighted by molar-refractivity contribution is 0.721. The van der Waals surface area contributed by atoms with Gasteiger partial charge in [0.05, 0.1) is 0 Å². The van der Waals surface area contributed by atoms with E-state index in [1.165, 1.54) is 0 Å². The van der Waals surface area contributed by atoms with Crippen LogP contribution in [0.4, 0.5) is 5.69 Å². The van der Waals surface area contributed by atoms with Gasteiger partial charge in [-0.05, 0) is 18.2 Å². The molecule has 2 aromatic rings. The molecular formula is C13H13ClN2O. The van der Waals surface area contributed by atoms with Crippen LogP contribution in [0.15, 0.2) is 53.6 Å². The van der Waals surface area contributed by atoms with Crippen molar-refractivity contribution in [3.05, 3.63) is 64.0 Å². The SMILES string of the molecule is O=c1ccn(CCNc2cccc(Cl)c2)cc1. The number of anilines is 1. The van der Waals surface area contributed by atoms with Gasteiger partial charge in [0.25, 0.3) is 0 Å². The van der Waals surface area contributed by atoms with Gasteiger partial charge < -0.3 is 9.88 Å². The minimum Gasteiger partial charge on any atom is -0.383 e. The van der Waals surface area contributed by atoms with Crippen molar-refractivity contribution in [1.29, 1.82) is 0 Å². The first-order chi connectivity index (χ1) is 8.24. The Bertz CT molecular complexity index is 531. The molecule has 0 radical (unpaired) electrons. The smallest absolute Gasteiger partial charge is 0.181 e. The molecule has 1 N–H and O–H groups in total. The third-order valence-electron chi connectivity index (χ3n) is 2.38. The molecule has 0 unspecified atom stereocenters. The summed E-state index contributed by atoms with van der Waals surface area (Å²) >= 11 is 5.88. The van der Waals surface area contributed by atoms with Gasteiger partial charge in [0.1, 0.15) is 0 Å². The van der Waals surface area contributed by atoms with E-state index in [-0.39, 0.29) is 5.43 Å². The van der Waals surface area contributed by atoms with Crippen LogP contribution in [-0.4, -0.2) is 11.1 Å². The van der Waals surface area contributed by atoms with E-state index in [2.05, 4.69) is 5.32 Å². The van der Waals surface area contributed by atoms with Gasteiger partial charge in [0.2, 0.25) is 0 Å². The van der Waals surface area contributed by atoms with E-state index in [4.69, 9.17) is 11.6 Å². The largest absolute Gasteiger partial charge is 0.383 e. The van der Waals surface area contributed by atoms with Crippen molar-refractivity contribution in [2.75, 3.05) is 11.9 Å². The van der Waals surface area contributed by atoms with Crippen molar-refractivity contribution >= 4 is 17.3 Å². The molecule has 0 saturated carbocycles. The summed E-state index contributed by atoms with van der Waals surface area (Å²) in [6, 6.07) is 10.7. The summed E-state index contributed by atoms with van der Waals surface area (Å²) in [5.74, 6) is 0. The predicted octanol–water partition coefficient (Wildman–Crippen LogP) is 2.61. The molecule has 2 rings (SSSR count).